The molecule has 3 rings (SSSR count). The third-order valence-corrected chi connectivity index (χ3v) is 4.78. The van der Waals surface area contributed by atoms with Crippen LogP contribution in [0.25, 0.3) is 0 Å². The van der Waals surface area contributed by atoms with Gasteiger partial charge in [0.15, 0.2) is 0 Å². The molecule has 1 aromatic carbocycles. The van der Waals surface area contributed by atoms with Crippen LogP contribution >= 0.6 is 27.5 Å². The first kappa shape index (κ1) is 13.7. The standard InChI is InChI=1S/C15H19BrClNO/c16-14-7-12-3-6-19-15(12)13(8-14)10-18-5-2-11(9-18)1-4-17/h7-8,11H,1-6,9-10H2. The number of nitrogens with zero attached hydrogens (tertiary/aromatic N) is 1. The van der Waals surface area contributed by atoms with Crippen molar-refractivity contribution in [3.8, 4) is 5.75 Å². The first-order chi connectivity index (χ1) is 9.26. The molecule has 0 amide bonds. The van der Waals surface area contributed by atoms with Gasteiger partial charge in [0, 0.05) is 35.4 Å². The van der Waals surface area contributed by atoms with Crippen molar-refractivity contribution in [1.82, 2.24) is 4.90 Å². The van der Waals surface area contributed by atoms with Gasteiger partial charge in [0.05, 0.1) is 6.61 Å². The normalized spacial score (nSPS) is 22.5. The van der Waals surface area contributed by atoms with Crippen LogP contribution in [0.2, 0.25) is 0 Å². The summed E-state index contributed by atoms with van der Waals surface area (Å²) in [5, 5.41) is 0. The highest BCUT2D eigenvalue weighted by Gasteiger charge is 2.24. The third-order valence-electron chi connectivity index (χ3n) is 4.11. The Labute approximate surface area is 128 Å². The molecule has 0 bridgehead atoms. The molecule has 1 saturated heterocycles. The summed E-state index contributed by atoms with van der Waals surface area (Å²) >= 11 is 9.45. The Morgan fingerprint density at radius 3 is 3.16 bits per heavy atom. The SMILES string of the molecule is ClCCC1CCN(Cc2cc(Br)cc3c2OCC3)C1. The summed E-state index contributed by atoms with van der Waals surface area (Å²) in [6.45, 7) is 4.19. The minimum atomic E-state index is 0.776. The van der Waals surface area contributed by atoms with Crippen molar-refractivity contribution in [3.63, 3.8) is 0 Å². The molecule has 2 aliphatic rings. The molecule has 1 atom stereocenters. The molecule has 0 spiro atoms. The van der Waals surface area contributed by atoms with Crippen molar-refractivity contribution in [2.75, 3.05) is 25.6 Å². The molecule has 0 radical (unpaired) electrons. The van der Waals surface area contributed by atoms with Gasteiger partial charge in [-0.2, -0.15) is 0 Å². The highest BCUT2D eigenvalue weighted by molar-refractivity contribution is 9.10. The third kappa shape index (κ3) is 3.09. The summed E-state index contributed by atoms with van der Waals surface area (Å²) in [4.78, 5) is 2.53. The van der Waals surface area contributed by atoms with E-state index in [0.29, 0.717) is 0 Å². The smallest absolute Gasteiger partial charge is 0.127 e. The van der Waals surface area contributed by atoms with Crippen LogP contribution in [0.5, 0.6) is 5.75 Å². The molecule has 1 aromatic rings. The Bertz CT molecular complexity index is 466. The van der Waals surface area contributed by atoms with Crippen LogP contribution in [0.1, 0.15) is 24.0 Å². The number of benzene rings is 1. The second-order valence-corrected chi connectivity index (χ2v) is 6.81. The minimum absolute atomic E-state index is 0.776. The number of rotatable bonds is 4. The van der Waals surface area contributed by atoms with Crippen LogP contribution in [0, 0.1) is 5.92 Å². The molecule has 104 valence electrons. The van der Waals surface area contributed by atoms with E-state index in [4.69, 9.17) is 16.3 Å². The van der Waals surface area contributed by atoms with E-state index in [0.717, 1.165) is 43.5 Å². The van der Waals surface area contributed by atoms with E-state index < -0.39 is 0 Å². The zero-order chi connectivity index (χ0) is 13.2. The van der Waals surface area contributed by atoms with Gasteiger partial charge in [0.2, 0.25) is 0 Å². The van der Waals surface area contributed by atoms with Gasteiger partial charge in [-0.25, -0.2) is 0 Å². The fourth-order valence-electron chi connectivity index (χ4n) is 3.15. The van der Waals surface area contributed by atoms with Crippen molar-refractivity contribution < 1.29 is 4.74 Å². The Hall–Kier alpha value is -0.250. The van der Waals surface area contributed by atoms with Gasteiger partial charge in [0.25, 0.3) is 0 Å². The maximum absolute atomic E-state index is 5.84. The summed E-state index contributed by atoms with van der Waals surface area (Å²) in [5.41, 5.74) is 2.68. The quantitative estimate of drug-likeness (QED) is 0.770. The van der Waals surface area contributed by atoms with Crippen LogP contribution in [-0.4, -0.2) is 30.5 Å². The number of fused-ring (bicyclic) bond motifs is 1. The molecule has 0 N–H and O–H groups in total. The minimum Gasteiger partial charge on any atom is -0.493 e. The van der Waals surface area contributed by atoms with Crippen LogP contribution < -0.4 is 4.74 Å². The topological polar surface area (TPSA) is 12.5 Å². The van der Waals surface area contributed by atoms with E-state index in [1.165, 1.54) is 35.1 Å². The molecule has 0 aliphatic carbocycles. The van der Waals surface area contributed by atoms with Gasteiger partial charge in [-0.05, 0) is 43.0 Å². The maximum Gasteiger partial charge on any atom is 0.127 e. The zero-order valence-corrected chi connectivity index (χ0v) is 13.3. The van der Waals surface area contributed by atoms with E-state index >= 15 is 0 Å². The first-order valence-corrected chi connectivity index (χ1v) is 8.31. The van der Waals surface area contributed by atoms with Crippen molar-refractivity contribution in [1.29, 1.82) is 0 Å². The first-order valence-electron chi connectivity index (χ1n) is 6.98. The van der Waals surface area contributed by atoms with Gasteiger partial charge in [-0.15, -0.1) is 11.6 Å². The van der Waals surface area contributed by atoms with Crippen molar-refractivity contribution in [2.24, 2.45) is 5.92 Å². The van der Waals surface area contributed by atoms with Crippen LogP contribution in [0.3, 0.4) is 0 Å². The number of ether oxygens (including phenoxy) is 1. The Balaban J connectivity index is 1.71. The summed E-state index contributed by atoms with van der Waals surface area (Å²) in [5.74, 6) is 2.69. The molecule has 2 aliphatic heterocycles. The summed E-state index contributed by atoms with van der Waals surface area (Å²) in [6.07, 6.45) is 3.46. The molecule has 2 heterocycles. The predicted molar refractivity (Wildman–Crippen MR) is 82.1 cm³/mol. The molecule has 4 heteroatoms. The second-order valence-electron chi connectivity index (χ2n) is 5.52. The van der Waals surface area contributed by atoms with Crippen molar-refractivity contribution in [2.45, 2.75) is 25.8 Å². The lowest BCUT2D eigenvalue weighted by atomic mass is 10.1. The van der Waals surface area contributed by atoms with Gasteiger partial charge >= 0.3 is 0 Å². The van der Waals surface area contributed by atoms with E-state index in [1.807, 2.05) is 0 Å². The Morgan fingerprint density at radius 2 is 2.32 bits per heavy atom. The van der Waals surface area contributed by atoms with Gasteiger partial charge in [-0.1, -0.05) is 15.9 Å². The predicted octanol–water partition coefficient (Wildman–Crippen LogP) is 3.83. The van der Waals surface area contributed by atoms with Gasteiger partial charge in [0.1, 0.15) is 5.75 Å². The Kier molecular flexibility index (Phi) is 4.35. The lowest BCUT2D eigenvalue weighted by molar-refractivity contribution is 0.302. The summed E-state index contributed by atoms with van der Waals surface area (Å²) < 4.78 is 6.97. The molecular formula is C15H19BrClNO. The molecular weight excluding hydrogens is 326 g/mol. The number of alkyl halides is 1. The zero-order valence-electron chi connectivity index (χ0n) is 11.0. The van der Waals surface area contributed by atoms with Crippen LogP contribution in [-0.2, 0) is 13.0 Å². The van der Waals surface area contributed by atoms with Crippen molar-refractivity contribution in [3.05, 3.63) is 27.7 Å². The Morgan fingerprint density at radius 1 is 1.42 bits per heavy atom. The highest BCUT2D eigenvalue weighted by atomic mass is 79.9. The monoisotopic (exact) mass is 343 g/mol. The molecule has 0 saturated carbocycles. The fraction of sp³-hybridized carbons (Fsp3) is 0.600. The van der Waals surface area contributed by atoms with Crippen LogP contribution in [0.4, 0.5) is 0 Å². The molecule has 19 heavy (non-hydrogen) atoms. The molecule has 2 nitrogen and oxygen atoms in total. The molecule has 1 fully saturated rings. The lowest BCUT2D eigenvalue weighted by Gasteiger charge is -2.18. The number of halogens is 2. The summed E-state index contributed by atoms with van der Waals surface area (Å²) in [7, 11) is 0. The molecule has 1 unspecified atom stereocenters. The number of hydrogen-bond donors (Lipinski definition) is 0. The molecule has 0 aromatic heterocycles. The van der Waals surface area contributed by atoms with Gasteiger partial charge in [-0.3, -0.25) is 4.90 Å². The van der Waals surface area contributed by atoms with E-state index in [2.05, 4.69) is 33.0 Å². The van der Waals surface area contributed by atoms with E-state index in [-0.39, 0.29) is 0 Å². The number of likely N-dealkylation sites (tertiary alicyclic amines) is 1. The maximum atomic E-state index is 5.84. The van der Waals surface area contributed by atoms with E-state index in [9.17, 15) is 0 Å². The fourth-order valence-corrected chi connectivity index (χ4v) is 4.01. The average molecular weight is 345 g/mol. The number of hydrogen-bond acceptors (Lipinski definition) is 2. The largest absolute Gasteiger partial charge is 0.493 e. The van der Waals surface area contributed by atoms with Crippen LogP contribution in [0.15, 0.2) is 16.6 Å². The summed E-state index contributed by atoms with van der Waals surface area (Å²) in [6, 6.07) is 4.39. The van der Waals surface area contributed by atoms with Gasteiger partial charge < -0.3 is 4.74 Å². The average Bonchev–Trinajstić information content (AvgIpc) is 2.98. The van der Waals surface area contributed by atoms with E-state index in [1.54, 1.807) is 0 Å². The second kappa shape index (κ2) is 6.02. The lowest BCUT2D eigenvalue weighted by Crippen LogP contribution is -2.20. The van der Waals surface area contributed by atoms with Crippen molar-refractivity contribution >= 4 is 27.5 Å². The highest BCUT2D eigenvalue weighted by Crippen LogP contribution is 2.34.